The van der Waals surface area contributed by atoms with Crippen LogP contribution in [0.2, 0.25) is 0 Å². The normalized spacial score (nSPS) is 22.2. The lowest BCUT2D eigenvalue weighted by atomic mass is 9.76. The number of allylic oxidation sites excluding steroid dienone is 5. The van der Waals surface area contributed by atoms with Crippen LogP contribution in [0.25, 0.3) is 0 Å². The number of amides is 4. The molecule has 0 bridgehead atoms. The maximum absolute atomic E-state index is 14.6. The average Bonchev–Trinajstić information content (AvgIpc) is 3.62. The van der Waals surface area contributed by atoms with Crippen molar-refractivity contribution >= 4 is 29.6 Å². The number of benzene rings is 1. The van der Waals surface area contributed by atoms with E-state index in [9.17, 15) is 24.0 Å². The van der Waals surface area contributed by atoms with E-state index in [2.05, 4.69) is 25.2 Å². The van der Waals surface area contributed by atoms with Gasteiger partial charge in [0.1, 0.15) is 23.7 Å². The summed E-state index contributed by atoms with van der Waals surface area (Å²) in [6.45, 7) is 7.10. The van der Waals surface area contributed by atoms with Crippen LogP contribution in [0.5, 0.6) is 17.2 Å². The van der Waals surface area contributed by atoms with E-state index in [1.165, 1.54) is 26.2 Å². The highest BCUT2D eigenvalue weighted by molar-refractivity contribution is 6.01. The van der Waals surface area contributed by atoms with E-state index in [1.54, 1.807) is 31.3 Å². The first-order valence-electron chi connectivity index (χ1n) is 22.3. The van der Waals surface area contributed by atoms with E-state index in [0.717, 1.165) is 24.2 Å². The number of piperidine rings is 1. The van der Waals surface area contributed by atoms with Gasteiger partial charge in [-0.05, 0) is 111 Å². The Bertz CT molecular complexity index is 1910. The van der Waals surface area contributed by atoms with Crippen molar-refractivity contribution in [1.82, 2.24) is 15.1 Å². The highest BCUT2D eigenvalue weighted by Gasteiger charge is 2.40. The lowest BCUT2D eigenvalue weighted by Gasteiger charge is -2.38. The van der Waals surface area contributed by atoms with E-state index in [1.807, 2.05) is 25.2 Å². The molecule has 0 radical (unpaired) electrons. The summed E-state index contributed by atoms with van der Waals surface area (Å²) in [6, 6.07) is 2.80. The summed E-state index contributed by atoms with van der Waals surface area (Å²) in [5, 5.41) is 2.85. The van der Waals surface area contributed by atoms with Crippen LogP contribution in [0.4, 0.5) is 0 Å². The van der Waals surface area contributed by atoms with Gasteiger partial charge in [-0.1, -0.05) is 26.8 Å². The SMILES string of the molecule is CC[C@H](C(=O)N1CCCC[C@H]1C(=O)O[C@H](CCC1(C)C=CC(OC)=C(OC)C1)C1=CC(OCC(=O)NCCCCN2C(=O)CCC2=O)=CCC1C)c1cc(OC)c(OC)c(OC)c1. The molecule has 1 aromatic carbocycles. The molecule has 0 spiro atoms. The van der Waals surface area contributed by atoms with Gasteiger partial charge in [0.25, 0.3) is 5.91 Å². The second-order valence-corrected chi connectivity index (χ2v) is 17.0. The Balaban J connectivity index is 1.32. The zero-order valence-electron chi connectivity index (χ0n) is 38.4. The van der Waals surface area contributed by atoms with Gasteiger partial charge in [-0.3, -0.25) is 24.1 Å². The number of esters is 1. The first kappa shape index (κ1) is 48.6. The smallest absolute Gasteiger partial charge is 0.329 e. The fourth-order valence-corrected chi connectivity index (χ4v) is 8.88. The number of nitrogens with zero attached hydrogens (tertiary/aromatic N) is 2. The Morgan fingerprint density at radius 3 is 2.29 bits per heavy atom. The number of likely N-dealkylation sites (tertiary alicyclic amines) is 2. The molecule has 0 aromatic heterocycles. The molecule has 2 aliphatic heterocycles. The van der Waals surface area contributed by atoms with E-state index >= 15 is 0 Å². The quantitative estimate of drug-likeness (QED) is 0.0749. The van der Waals surface area contributed by atoms with Crippen LogP contribution in [-0.4, -0.2) is 113 Å². The summed E-state index contributed by atoms with van der Waals surface area (Å²) < 4.78 is 40.6. The molecule has 1 N–H and O–H groups in total. The Kier molecular flexibility index (Phi) is 17.5. The number of unbranched alkanes of at least 4 members (excludes halogenated alkanes) is 1. The van der Waals surface area contributed by atoms with Crippen LogP contribution in [-0.2, 0) is 42.9 Å². The first-order valence-corrected chi connectivity index (χ1v) is 22.3. The minimum absolute atomic E-state index is 0.00354. The van der Waals surface area contributed by atoms with E-state index in [0.29, 0.717) is 105 Å². The van der Waals surface area contributed by atoms with Crippen molar-refractivity contribution in [3.63, 3.8) is 0 Å². The van der Waals surface area contributed by atoms with Crippen molar-refractivity contribution < 1.29 is 57.1 Å². The number of carbonyl (C=O) groups is 5. The van der Waals surface area contributed by atoms with Gasteiger partial charge >= 0.3 is 5.97 Å². The number of imide groups is 1. The number of methoxy groups -OCH3 is 5. The van der Waals surface area contributed by atoms with Gasteiger partial charge in [-0.15, -0.1) is 0 Å². The minimum atomic E-state index is -0.784. The zero-order valence-corrected chi connectivity index (χ0v) is 38.4. The molecule has 4 amide bonds. The third-order valence-electron chi connectivity index (χ3n) is 12.6. The van der Waals surface area contributed by atoms with Crippen LogP contribution < -0.4 is 19.5 Å². The van der Waals surface area contributed by atoms with Crippen molar-refractivity contribution in [2.45, 2.75) is 116 Å². The molecule has 63 heavy (non-hydrogen) atoms. The molecule has 15 heteroatoms. The van der Waals surface area contributed by atoms with Crippen LogP contribution in [0, 0.1) is 11.3 Å². The zero-order chi connectivity index (χ0) is 45.7. The lowest BCUT2D eigenvalue weighted by Crippen LogP contribution is -2.51. The van der Waals surface area contributed by atoms with Gasteiger partial charge in [0.2, 0.25) is 23.5 Å². The number of nitrogens with one attached hydrogen (secondary N) is 1. The number of carbonyl (C=O) groups excluding carboxylic acids is 5. The van der Waals surface area contributed by atoms with E-state index in [4.69, 9.17) is 33.2 Å². The molecule has 2 fully saturated rings. The van der Waals surface area contributed by atoms with Crippen molar-refractivity contribution in [3.05, 3.63) is 64.9 Å². The van der Waals surface area contributed by atoms with Gasteiger partial charge < -0.3 is 43.4 Å². The summed E-state index contributed by atoms with van der Waals surface area (Å²) in [5.74, 6) is 1.45. The Labute approximate surface area is 372 Å². The molecule has 5 rings (SSSR count). The Morgan fingerprint density at radius 1 is 0.937 bits per heavy atom. The number of hydrogen-bond donors (Lipinski definition) is 1. The van der Waals surface area contributed by atoms with Gasteiger partial charge in [0.15, 0.2) is 23.9 Å². The van der Waals surface area contributed by atoms with Crippen molar-refractivity contribution in [3.8, 4) is 17.2 Å². The largest absolute Gasteiger partial charge is 0.497 e. The third-order valence-corrected chi connectivity index (χ3v) is 12.6. The maximum Gasteiger partial charge on any atom is 0.329 e. The minimum Gasteiger partial charge on any atom is -0.497 e. The second kappa shape index (κ2) is 22.8. The van der Waals surface area contributed by atoms with Crippen molar-refractivity contribution in [2.75, 3.05) is 61.8 Å². The molecular weight excluding hydrogens is 811 g/mol. The first-order chi connectivity index (χ1) is 30.3. The lowest BCUT2D eigenvalue weighted by molar-refractivity contribution is -0.161. The molecular formula is C48H67N3O12. The van der Waals surface area contributed by atoms with Gasteiger partial charge in [-0.2, -0.15) is 0 Å². The van der Waals surface area contributed by atoms with Gasteiger partial charge in [-0.25, -0.2) is 4.79 Å². The molecule has 15 nitrogen and oxygen atoms in total. The number of ether oxygens (including phenoxy) is 7. The standard InChI is InChI=1S/C48H67N3O12/c1-9-34(32-26-39(58-5)45(61-8)40(27-32)59-6)46(55)50-24-12-10-14-36(50)47(56)63-37(19-21-48(3)22-20-38(57-4)41(29-48)60-7)35-28-33(16-15-31(35)2)62-30-42(52)49-23-11-13-25-51-43(53)17-18-44(51)54/h16,20,22,26-28,31,34,36-37H,9-15,17-19,21,23-25,29-30H2,1-8H3,(H,49,52)/t31?,34-,36-,37+,48?/m0/s1. The van der Waals surface area contributed by atoms with Gasteiger partial charge in [0.05, 0.1) is 41.5 Å². The molecule has 0 saturated carbocycles. The molecule has 346 valence electrons. The highest BCUT2D eigenvalue weighted by atomic mass is 16.5. The Hall–Kier alpha value is -5.47. The average molecular weight is 878 g/mol. The summed E-state index contributed by atoms with van der Waals surface area (Å²) in [6.07, 6.45) is 13.7. The maximum atomic E-state index is 14.6. The van der Waals surface area contributed by atoms with Crippen LogP contribution in [0.1, 0.15) is 109 Å². The Morgan fingerprint density at radius 2 is 1.65 bits per heavy atom. The fourth-order valence-electron chi connectivity index (χ4n) is 8.88. The van der Waals surface area contributed by atoms with Crippen LogP contribution in [0.3, 0.4) is 0 Å². The number of hydrogen-bond acceptors (Lipinski definition) is 12. The summed E-state index contributed by atoms with van der Waals surface area (Å²) in [5.41, 5.74) is 1.24. The summed E-state index contributed by atoms with van der Waals surface area (Å²) >= 11 is 0. The van der Waals surface area contributed by atoms with Crippen LogP contribution in [0.15, 0.2) is 59.3 Å². The highest BCUT2D eigenvalue weighted by Crippen LogP contribution is 2.43. The number of rotatable bonds is 22. The molecule has 2 unspecified atom stereocenters. The predicted octanol–water partition coefficient (Wildman–Crippen LogP) is 6.66. The summed E-state index contributed by atoms with van der Waals surface area (Å²) in [4.78, 5) is 68.7. The van der Waals surface area contributed by atoms with Crippen LogP contribution >= 0.6 is 0 Å². The monoisotopic (exact) mass is 877 g/mol. The molecule has 4 aliphatic rings. The van der Waals surface area contributed by atoms with Crippen molar-refractivity contribution in [2.24, 2.45) is 11.3 Å². The third kappa shape index (κ3) is 12.2. The van der Waals surface area contributed by atoms with Crippen molar-refractivity contribution in [1.29, 1.82) is 0 Å². The molecule has 2 saturated heterocycles. The molecule has 5 atom stereocenters. The predicted molar refractivity (Wildman–Crippen MR) is 235 cm³/mol. The second-order valence-electron chi connectivity index (χ2n) is 17.0. The topological polar surface area (TPSA) is 168 Å². The fraction of sp³-hybridized carbons (Fsp3) is 0.604. The van der Waals surface area contributed by atoms with E-state index < -0.39 is 24.0 Å². The molecule has 1 aromatic rings. The molecule has 2 aliphatic carbocycles. The summed E-state index contributed by atoms with van der Waals surface area (Å²) in [7, 11) is 7.84. The van der Waals surface area contributed by atoms with E-state index in [-0.39, 0.29) is 54.4 Å². The molecule has 2 heterocycles. The van der Waals surface area contributed by atoms with Gasteiger partial charge in [0, 0.05) is 38.9 Å².